The number of aliphatic hydroxyl groups is 4. The van der Waals surface area contributed by atoms with E-state index in [1.807, 2.05) is 0 Å². The summed E-state index contributed by atoms with van der Waals surface area (Å²) in [6, 6.07) is 0. The van der Waals surface area contributed by atoms with E-state index in [0.717, 1.165) is 0 Å². The summed E-state index contributed by atoms with van der Waals surface area (Å²) in [6.07, 6.45) is -7.21. The van der Waals surface area contributed by atoms with Crippen molar-refractivity contribution in [2.45, 2.75) is 30.7 Å². The van der Waals surface area contributed by atoms with Gasteiger partial charge in [0.15, 0.2) is 0 Å². The summed E-state index contributed by atoms with van der Waals surface area (Å²) in [4.78, 5) is 10.9. The predicted octanol–water partition coefficient (Wildman–Crippen LogP) is -2.43. The van der Waals surface area contributed by atoms with Gasteiger partial charge < -0.3 is 29.9 Å². The molecule has 94 valence electrons. The summed E-state index contributed by atoms with van der Waals surface area (Å²) >= 11 is 5.18. The summed E-state index contributed by atoms with van der Waals surface area (Å²) < 4.78 is 9.47. The molecule has 5 atom stereocenters. The van der Waals surface area contributed by atoms with Crippen molar-refractivity contribution in [1.29, 1.82) is 0 Å². The fourth-order valence-electron chi connectivity index (χ4n) is 1.33. The lowest BCUT2D eigenvalue weighted by molar-refractivity contribution is -0.291. The molecule has 8 heteroatoms. The van der Waals surface area contributed by atoms with Gasteiger partial charge in [-0.05, 0) is 0 Å². The molecule has 0 bridgehead atoms. The molecular formula is C8H13ClO7. The molecule has 1 aliphatic rings. The number of carbonyl (C=O) groups excluding carboxylic acids is 1. The summed E-state index contributed by atoms with van der Waals surface area (Å²) in [6.45, 7) is -0.583. The maximum atomic E-state index is 10.9. The zero-order chi connectivity index (χ0) is 12.3. The second-order valence-corrected chi connectivity index (χ2v) is 3.59. The largest absolute Gasteiger partial charge is 0.432 e. The number of aliphatic hydroxyl groups excluding tert-OH is 4. The van der Waals surface area contributed by atoms with Gasteiger partial charge in [-0.2, -0.15) is 0 Å². The fourth-order valence-corrected chi connectivity index (χ4v) is 1.39. The summed E-state index contributed by atoms with van der Waals surface area (Å²) in [7, 11) is 0. The number of rotatable bonds is 3. The normalized spacial score (nSPS) is 39.4. The van der Waals surface area contributed by atoms with Gasteiger partial charge in [-0.1, -0.05) is 0 Å². The Balaban J connectivity index is 2.67. The Morgan fingerprint density at radius 3 is 2.38 bits per heavy atom. The highest BCUT2D eigenvalue weighted by molar-refractivity contribution is 6.26. The third-order valence-corrected chi connectivity index (χ3v) is 2.42. The van der Waals surface area contributed by atoms with Crippen LogP contribution in [0, 0.1) is 0 Å². The van der Waals surface area contributed by atoms with E-state index in [4.69, 9.17) is 21.4 Å². The van der Waals surface area contributed by atoms with E-state index in [1.54, 1.807) is 0 Å². The number of alkyl halides is 1. The smallest absolute Gasteiger partial charge is 0.323 e. The first-order valence-corrected chi connectivity index (χ1v) is 5.10. The van der Waals surface area contributed by atoms with Gasteiger partial charge in [0.05, 0.1) is 6.61 Å². The Kier molecular flexibility index (Phi) is 4.90. The molecule has 1 aliphatic heterocycles. The predicted molar refractivity (Wildman–Crippen MR) is 50.6 cm³/mol. The molecule has 1 heterocycles. The van der Waals surface area contributed by atoms with Crippen LogP contribution in [-0.4, -0.2) is 69.6 Å². The molecule has 0 spiro atoms. The van der Waals surface area contributed by atoms with E-state index < -0.39 is 49.2 Å². The number of esters is 1. The summed E-state index contributed by atoms with van der Waals surface area (Å²) in [5, 5.41) is 37.0. The molecule has 0 aromatic carbocycles. The van der Waals surface area contributed by atoms with Crippen LogP contribution in [0.15, 0.2) is 0 Å². The molecule has 1 fully saturated rings. The van der Waals surface area contributed by atoms with Gasteiger partial charge in [0.1, 0.15) is 30.3 Å². The van der Waals surface area contributed by atoms with Crippen LogP contribution in [0.3, 0.4) is 0 Å². The first-order chi connectivity index (χ1) is 7.51. The number of hydrogen-bond donors (Lipinski definition) is 4. The highest BCUT2D eigenvalue weighted by atomic mass is 35.5. The molecule has 4 N–H and O–H groups in total. The highest BCUT2D eigenvalue weighted by Crippen LogP contribution is 2.21. The van der Waals surface area contributed by atoms with Gasteiger partial charge in [-0.15, -0.1) is 11.6 Å². The van der Waals surface area contributed by atoms with Crippen LogP contribution in [0.25, 0.3) is 0 Å². The average Bonchev–Trinajstić information content (AvgIpc) is 2.29. The van der Waals surface area contributed by atoms with Crippen molar-refractivity contribution in [2.24, 2.45) is 0 Å². The maximum absolute atomic E-state index is 10.9. The lowest BCUT2D eigenvalue weighted by Gasteiger charge is -2.39. The topological polar surface area (TPSA) is 116 Å². The molecule has 0 radical (unpaired) electrons. The van der Waals surface area contributed by atoms with Gasteiger partial charge in [-0.25, -0.2) is 0 Å². The van der Waals surface area contributed by atoms with Crippen LogP contribution >= 0.6 is 11.6 Å². The van der Waals surface area contributed by atoms with Crippen molar-refractivity contribution in [3.63, 3.8) is 0 Å². The van der Waals surface area contributed by atoms with Crippen LogP contribution in [-0.2, 0) is 14.3 Å². The first kappa shape index (κ1) is 13.6. The fraction of sp³-hybridized carbons (Fsp3) is 0.875. The van der Waals surface area contributed by atoms with E-state index in [9.17, 15) is 20.1 Å². The minimum absolute atomic E-state index is 0.435. The Hall–Kier alpha value is -0.440. The molecule has 1 rings (SSSR count). The third kappa shape index (κ3) is 2.82. The molecule has 0 aromatic heterocycles. The van der Waals surface area contributed by atoms with Crippen molar-refractivity contribution < 1.29 is 34.7 Å². The lowest BCUT2D eigenvalue weighted by atomic mass is 9.99. The van der Waals surface area contributed by atoms with E-state index in [-0.39, 0.29) is 0 Å². The third-order valence-electron chi connectivity index (χ3n) is 2.21. The van der Waals surface area contributed by atoms with Crippen LogP contribution in [0.1, 0.15) is 0 Å². The van der Waals surface area contributed by atoms with Gasteiger partial charge in [0.2, 0.25) is 6.29 Å². The van der Waals surface area contributed by atoms with Crippen LogP contribution in [0.2, 0.25) is 0 Å². The van der Waals surface area contributed by atoms with E-state index in [0.29, 0.717) is 0 Å². The van der Waals surface area contributed by atoms with E-state index in [2.05, 4.69) is 4.74 Å². The monoisotopic (exact) mass is 256 g/mol. The molecule has 7 nitrogen and oxygen atoms in total. The quantitative estimate of drug-likeness (QED) is 0.328. The molecule has 1 saturated heterocycles. The Morgan fingerprint density at radius 1 is 1.25 bits per heavy atom. The summed E-state index contributed by atoms with van der Waals surface area (Å²) in [5.74, 6) is -1.28. The van der Waals surface area contributed by atoms with Crippen LogP contribution in [0.5, 0.6) is 0 Å². The second kappa shape index (κ2) is 5.76. The van der Waals surface area contributed by atoms with Crippen LogP contribution < -0.4 is 0 Å². The van der Waals surface area contributed by atoms with Crippen molar-refractivity contribution in [2.75, 3.05) is 12.5 Å². The van der Waals surface area contributed by atoms with E-state index >= 15 is 0 Å². The van der Waals surface area contributed by atoms with Crippen molar-refractivity contribution in [1.82, 2.24) is 0 Å². The van der Waals surface area contributed by atoms with Gasteiger partial charge >= 0.3 is 5.97 Å². The number of carbonyl (C=O) groups is 1. The maximum Gasteiger partial charge on any atom is 0.323 e. The summed E-state index contributed by atoms with van der Waals surface area (Å²) in [5.41, 5.74) is 0. The standard InChI is InChI=1S/C8H13ClO7/c9-1-4(11)16-8-7(14)6(13)5(12)3(2-10)15-8/h3,5-8,10,12-14H,1-2H2/t3-,5-,6+,7-,8?/m1/s1. The molecule has 0 aromatic rings. The number of hydrogen-bond acceptors (Lipinski definition) is 7. The molecule has 0 amide bonds. The Labute approximate surface area is 96.2 Å². The first-order valence-electron chi connectivity index (χ1n) is 4.57. The zero-order valence-corrected chi connectivity index (χ0v) is 8.95. The molecular weight excluding hydrogens is 244 g/mol. The van der Waals surface area contributed by atoms with Crippen molar-refractivity contribution in [3.8, 4) is 0 Å². The number of ether oxygens (including phenoxy) is 2. The zero-order valence-electron chi connectivity index (χ0n) is 8.19. The van der Waals surface area contributed by atoms with Crippen molar-refractivity contribution >= 4 is 17.6 Å². The van der Waals surface area contributed by atoms with Gasteiger partial charge in [0.25, 0.3) is 0 Å². The molecule has 0 saturated carbocycles. The lowest BCUT2D eigenvalue weighted by Crippen LogP contribution is -2.59. The second-order valence-electron chi connectivity index (χ2n) is 3.32. The molecule has 16 heavy (non-hydrogen) atoms. The molecule has 1 unspecified atom stereocenters. The van der Waals surface area contributed by atoms with Crippen LogP contribution in [0.4, 0.5) is 0 Å². The minimum Gasteiger partial charge on any atom is -0.432 e. The highest BCUT2D eigenvalue weighted by Gasteiger charge is 2.45. The van der Waals surface area contributed by atoms with Gasteiger partial charge in [0, 0.05) is 0 Å². The minimum atomic E-state index is -1.59. The SMILES string of the molecule is O=C(CCl)OC1O[C@H](CO)[C@@H](O)[C@H](O)[C@H]1O. The average molecular weight is 257 g/mol. The Bertz CT molecular complexity index is 247. The van der Waals surface area contributed by atoms with Gasteiger partial charge in [-0.3, -0.25) is 4.79 Å². The number of halogens is 1. The van der Waals surface area contributed by atoms with E-state index in [1.165, 1.54) is 0 Å². The molecule has 0 aliphatic carbocycles. The van der Waals surface area contributed by atoms with Crippen molar-refractivity contribution in [3.05, 3.63) is 0 Å². The Morgan fingerprint density at radius 2 is 1.88 bits per heavy atom.